The number of carbonyl (C=O) groups is 1. The van der Waals surface area contributed by atoms with Crippen molar-refractivity contribution in [1.29, 1.82) is 0 Å². The average Bonchev–Trinajstić information content (AvgIpc) is 2.36. The van der Waals surface area contributed by atoms with Crippen LogP contribution in [0.25, 0.3) is 0 Å². The molecule has 0 bridgehead atoms. The maximum atomic E-state index is 11.8. The van der Waals surface area contributed by atoms with Crippen LogP contribution in [-0.4, -0.2) is 31.7 Å². The maximum Gasteiger partial charge on any atom is 0.237 e. The van der Waals surface area contributed by atoms with Gasteiger partial charge in [-0.15, -0.1) is 0 Å². The van der Waals surface area contributed by atoms with Gasteiger partial charge in [0.1, 0.15) is 0 Å². The Bertz CT molecular complexity index is 233. The highest BCUT2D eigenvalue weighted by Crippen LogP contribution is 2.26. The van der Waals surface area contributed by atoms with E-state index in [1.807, 2.05) is 0 Å². The van der Waals surface area contributed by atoms with Crippen LogP contribution >= 0.6 is 0 Å². The molecule has 0 radical (unpaired) electrons. The van der Waals surface area contributed by atoms with Gasteiger partial charge < -0.3 is 15.8 Å². The van der Waals surface area contributed by atoms with E-state index < -0.39 is 6.04 Å². The molecule has 0 aromatic heterocycles. The zero-order valence-electron chi connectivity index (χ0n) is 11.1. The van der Waals surface area contributed by atoms with E-state index in [4.69, 9.17) is 10.5 Å². The van der Waals surface area contributed by atoms with Gasteiger partial charge in [-0.3, -0.25) is 4.79 Å². The van der Waals surface area contributed by atoms with Crippen LogP contribution in [-0.2, 0) is 9.53 Å². The van der Waals surface area contributed by atoms with Gasteiger partial charge in [0.05, 0.1) is 6.04 Å². The summed E-state index contributed by atoms with van der Waals surface area (Å²) in [7, 11) is 1.62. The second-order valence-electron chi connectivity index (χ2n) is 5.03. The van der Waals surface area contributed by atoms with E-state index in [-0.39, 0.29) is 5.91 Å². The number of carbonyl (C=O) groups excluding carboxylic acids is 1. The number of nitrogens with one attached hydrogen (secondary N) is 1. The number of methoxy groups -OCH3 is 1. The lowest BCUT2D eigenvalue weighted by molar-refractivity contribution is -0.123. The summed E-state index contributed by atoms with van der Waals surface area (Å²) in [6.45, 7) is 2.76. The van der Waals surface area contributed by atoms with Crippen LogP contribution in [0.4, 0.5) is 0 Å². The number of ether oxygens (including phenoxy) is 1. The molecule has 17 heavy (non-hydrogen) atoms. The van der Waals surface area contributed by atoms with Crippen LogP contribution in [0.2, 0.25) is 0 Å². The van der Waals surface area contributed by atoms with Crippen molar-refractivity contribution in [3.8, 4) is 0 Å². The van der Waals surface area contributed by atoms with Gasteiger partial charge in [0.2, 0.25) is 5.91 Å². The van der Waals surface area contributed by atoms with Gasteiger partial charge in [-0.2, -0.15) is 0 Å². The van der Waals surface area contributed by atoms with E-state index in [9.17, 15) is 4.79 Å². The normalized spacial score (nSPS) is 26.5. The summed E-state index contributed by atoms with van der Waals surface area (Å²) >= 11 is 0. The lowest BCUT2D eigenvalue weighted by atomic mass is 9.84. The molecule has 3 atom stereocenters. The first-order chi connectivity index (χ1) is 8.17. The highest BCUT2D eigenvalue weighted by Gasteiger charge is 2.23. The highest BCUT2D eigenvalue weighted by atomic mass is 16.5. The molecule has 1 rings (SSSR count). The first kappa shape index (κ1) is 14.5. The Morgan fingerprint density at radius 2 is 2.29 bits per heavy atom. The Kier molecular flexibility index (Phi) is 6.52. The molecule has 1 amide bonds. The number of amides is 1. The SMILES string of the molecule is CCC1CCCC(NC(=O)C(N)CCOC)C1. The fourth-order valence-electron chi connectivity index (χ4n) is 2.48. The molecule has 0 aliphatic heterocycles. The standard InChI is InChI=1S/C13H26N2O2/c1-3-10-5-4-6-11(9-10)15-13(16)12(14)7-8-17-2/h10-12H,3-9,14H2,1-2H3,(H,15,16). The summed E-state index contributed by atoms with van der Waals surface area (Å²) in [5.74, 6) is 0.744. The van der Waals surface area contributed by atoms with Crippen LogP contribution in [0.1, 0.15) is 45.4 Å². The smallest absolute Gasteiger partial charge is 0.237 e. The first-order valence-electron chi connectivity index (χ1n) is 6.72. The minimum atomic E-state index is -0.433. The molecule has 3 N–H and O–H groups in total. The zero-order valence-corrected chi connectivity index (χ0v) is 11.1. The third-order valence-corrected chi connectivity index (χ3v) is 3.68. The average molecular weight is 242 g/mol. The van der Waals surface area contributed by atoms with Crippen molar-refractivity contribution in [3.63, 3.8) is 0 Å². The first-order valence-corrected chi connectivity index (χ1v) is 6.72. The molecule has 0 aromatic rings. The van der Waals surface area contributed by atoms with Gasteiger partial charge in [0.25, 0.3) is 0 Å². The van der Waals surface area contributed by atoms with Gasteiger partial charge in [0.15, 0.2) is 0 Å². The van der Waals surface area contributed by atoms with E-state index in [1.54, 1.807) is 7.11 Å². The third kappa shape index (κ3) is 5.04. The Hall–Kier alpha value is -0.610. The van der Waals surface area contributed by atoms with E-state index in [0.29, 0.717) is 19.1 Å². The van der Waals surface area contributed by atoms with Crippen molar-refractivity contribution in [2.24, 2.45) is 11.7 Å². The molecule has 4 nitrogen and oxygen atoms in total. The third-order valence-electron chi connectivity index (χ3n) is 3.68. The zero-order chi connectivity index (χ0) is 12.7. The second-order valence-corrected chi connectivity index (χ2v) is 5.03. The highest BCUT2D eigenvalue weighted by molar-refractivity contribution is 5.81. The monoisotopic (exact) mass is 242 g/mol. The molecule has 0 saturated heterocycles. The van der Waals surface area contributed by atoms with Crippen LogP contribution in [0, 0.1) is 5.92 Å². The molecule has 0 aromatic carbocycles. The van der Waals surface area contributed by atoms with E-state index in [0.717, 1.165) is 18.8 Å². The van der Waals surface area contributed by atoms with Crippen LogP contribution < -0.4 is 11.1 Å². The quantitative estimate of drug-likeness (QED) is 0.740. The number of nitrogens with two attached hydrogens (primary N) is 1. The van der Waals surface area contributed by atoms with Crippen molar-refractivity contribution in [3.05, 3.63) is 0 Å². The Morgan fingerprint density at radius 3 is 2.94 bits per heavy atom. The fraction of sp³-hybridized carbons (Fsp3) is 0.923. The molecule has 1 saturated carbocycles. The number of hydrogen-bond donors (Lipinski definition) is 2. The van der Waals surface area contributed by atoms with E-state index >= 15 is 0 Å². The summed E-state index contributed by atoms with van der Waals surface area (Å²) in [6.07, 6.45) is 6.53. The Labute approximate surface area is 104 Å². The van der Waals surface area contributed by atoms with Gasteiger partial charge >= 0.3 is 0 Å². The fourth-order valence-corrected chi connectivity index (χ4v) is 2.48. The Balaban J connectivity index is 2.29. The van der Waals surface area contributed by atoms with Crippen LogP contribution in [0.5, 0.6) is 0 Å². The van der Waals surface area contributed by atoms with Crippen molar-refractivity contribution in [1.82, 2.24) is 5.32 Å². The second kappa shape index (κ2) is 7.67. The lowest BCUT2D eigenvalue weighted by Crippen LogP contribution is -2.47. The molecule has 0 spiro atoms. The van der Waals surface area contributed by atoms with Crippen molar-refractivity contribution >= 4 is 5.91 Å². The minimum absolute atomic E-state index is 0.0243. The molecule has 4 heteroatoms. The Morgan fingerprint density at radius 1 is 1.53 bits per heavy atom. The predicted octanol–water partition coefficient (Wildman–Crippen LogP) is 1.44. The number of rotatable bonds is 6. The molecule has 1 fully saturated rings. The molecule has 1 aliphatic carbocycles. The summed E-state index contributed by atoms with van der Waals surface area (Å²) in [6, 6.07) is -0.105. The summed E-state index contributed by atoms with van der Waals surface area (Å²) in [5, 5.41) is 3.07. The topological polar surface area (TPSA) is 64.4 Å². The largest absolute Gasteiger partial charge is 0.385 e. The van der Waals surface area contributed by atoms with Crippen molar-refractivity contribution in [2.75, 3.05) is 13.7 Å². The van der Waals surface area contributed by atoms with E-state index in [1.165, 1.54) is 19.3 Å². The van der Waals surface area contributed by atoms with Crippen molar-refractivity contribution in [2.45, 2.75) is 57.5 Å². The van der Waals surface area contributed by atoms with Gasteiger partial charge in [-0.1, -0.05) is 26.2 Å². The summed E-state index contributed by atoms with van der Waals surface area (Å²) in [4.78, 5) is 11.8. The lowest BCUT2D eigenvalue weighted by Gasteiger charge is -2.29. The molecular formula is C13H26N2O2. The van der Waals surface area contributed by atoms with Gasteiger partial charge in [-0.05, 0) is 25.2 Å². The van der Waals surface area contributed by atoms with Gasteiger partial charge in [-0.25, -0.2) is 0 Å². The van der Waals surface area contributed by atoms with Gasteiger partial charge in [0, 0.05) is 19.8 Å². The minimum Gasteiger partial charge on any atom is -0.385 e. The molecule has 1 aliphatic rings. The molecule has 100 valence electrons. The number of hydrogen-bond acceptors (Lipinski definition) is 3. The molecule has 0 heterocycles. The maximum absolute atomic E-state index is 11.8. The summed E-state index contributed by atoms with van der Waals surface area (Å²) in [5.41, 5.74) is 5.80. The predicted molar refractivity (Wildman–Crippen MR) is 68.6 cm³/mol. The van der Waals surface area contributed by atoms with E-state index in [2.05, 4.69) is 12.2 Å². The summed E-state index contributed by atoms with van der Waals surface area (Å²) < 4.78 is 4.93. The van der Waals surface area contributed by atoms with Crippen LogP contribution in [0.3, 0.4) is 0 Å². The van der Waals surface area contributed by atoms with Crippen LogP contribution in [0.15, 0.2) is 0 Å². The van der Waals surface area contributed by atoms with Crippen molar-refractivity contribution < 1.29 is 9.53 Å². The molecule has 3 unspecified atom stereocenters. The molecular weight excluding hydrogens is 216 g/mol.